The van der Waals surface area contributed by atoms with E-state index in [0.29, 0.717) is 33.8 Å². The molecular weight excluding hydrogens is 504 g/mol. The number of sulfonamides is 1. The molecule has 196 valence electrons. The van der Waals surface area contributed by atoms with Crippen molar-refractivity contribution in [3.63, 3.8) is 0 Å². The number of hydrogen-bond donors (Lipinski definition) is 0. The summed E-state index contributed by atoms with van der Waals surface area (Å²) in [5.74, 6) is -0.705. The minimum absolute atomic E-state index is 0.00679. The maximum atomic E-state index is 13.8. The molecule has 1 amide bonds. The van der Waals surface area contributed by atoms with E-state index in [9.17, 15) is 18.0 Å². The molecule has 5 rings (SSSR count). The molecule has 0 bridgehead atoms. The Morgan fingerprint density at radius 2 is 1.68 bits per heavy atom. The molecular formula is C29H28N2O6S. The first kappa shape index (κ1) is 25.5. The quantitative estimate of drug-likeness (QED) is 0.416. The second kappa shape index (κ2) is 9.98. The fourth-order valence-corrected chi connectivity index (χ4v) is 6.59. The van der Waals surface area contributed by atoms with Crippen LogP contribution in [0.1, 0.15) is 36.5 Å². The number of nitrogens with zero attached hydrogens (tertiary/aromatic N) is 2. The lowest BCUT2D eigenvalue weighted by Crippen LogP contribution is -2.31. The summed E-state index contributed by atoms with van der Waals surface area (Å²) >= 11 is 0. The molecule has 9 heteroatoms. The van der Waals surface area contributed by atoms with Gasteiger partial charge in [0.2, 0.25) is 5.91 Å². The van der Waals surface area contributed by atoms with Crippen molar-refractivity contribution in [1.29, 1.82) is 0 Å². The first-order chi connectivity index (χ1) is 18.2. The molecule has 0 fully saturated rings. The number of ether oxygens (including phenoxy) is 2. The van der Waals surface area contributed by atoms with Gasteiger partial charge in [0.25, 0.3) is 10.0 Å². The number of carbonyl (C=O) groups excluding carboxylic acids is 2. The predicted octanol–water partition coefficient (Wildman–Crippen LogP) is 4.50. The third-order valence-electron chi connectivity index (χ3n) is 6.76. The molecule has 38 heavy (non-hydrogen) atoms. The normalized spacial score (nSPS) is 16.3. The molecule has 2 aliphatic heterocycles. The standard InChI is InChI=1S/C29H28N2O6S/c1-19-15-30(20(2)32)29-26(37-17-22-10-6-4-7-11-22)14-25-28(27(19)29)23(18-36-21(3)33)16-31(25)38(34,35)24-12-8-5-9-13-24/h4-14,23H,1,15-18H2,2-3H3. The number of rotatable bonds is 7. The van der Waals surface area contributed by atoms with Crippen LogP contribution < -0.4 is 13.9 Å². The molecule has 1 unspecified atom stereocenters. The second-order valence-corrected chi connectivity index (χ2v) is 11.2. The van der Waals surface area contributed by atoms with Gasteiger partial charge in [-0.2, -0.15) is 0 Å². The number of anilines is 2. The van der Waals surface area contributed by atoms with Crippen LogP contribution in [0.3, 0.4) is 0 Å². The maximum Gasteiger partial charge on any atom is 0.302 e. The highest BCUT2D eigenvalue weighted by Gasteiger charge is 2.44. The Labute approximate surface area is 222 Å². The summed E-state index contributed by atoms with van der Waals surface area (Å²) in [7, 11) is -3.95. The van der Waals surface area contributed by atoms with Crippen molar-refractivity contribution in [2.75, 3.05) is 28.9 Å². The highest BCUT2D eigenvalue weighted by Crippen LogP contribution is 2.54. The van der Waals surface area contributed by atoms with Gasteiger partial charge in [0.1, 0.15) is 12.4 Å². The van der Waals surface area contributed by atoms with Crippen molar-refractivity contribution in [3.8, 4) is 5.75 Å². The SMILES string of the molecule is C=C1CN(C(C)=O)c2c(OCc3ccccc3)cc3c(c21)C(COC(C)=O)CN3S(=O)(=O)c1ccccc1. The van der Waals surface area contributed by atoms with Crippen LogP contribution in [0.5, 0.6) is 5.75 Å². The van der Waals surface area contributed by atoms with Gasteiger partial charge in [-0.15, -0.1) is 0 Å². The summed E-state index contributed by atoms with van der Waals surface area (Å²) in [6.45, 7) is 7.55. The van der Waals surface area contributed by atoms with Crippen molar-refractivity contribution in [3.05, 3.63) is 90.0 Å². The van der Waals surface area contributed by atoms with Crippen LogP contribution in [0.25, 0.3) is 5.57 Å². The van der Waals surface area contributed by atoms with Gasteiger partial charge in [0.15, 0.2) is 0 Å². The van der Waals surface area contributed by atoms with Crippen LogP contribution in [0, 0.1) is 0 Å². The highest BCUT2D eigenvalue weighted by molar-refractivity contribution is 7.92. The number of fused-ring (bicyclic) bond motifs is 3. The number of benzene rings is 3. The molecule has 3 aromatic rings. The second-order valence-electron chi connectivity index (χ2n) is 9.36. The lowest BCUT2D eigenvalue weighted by molar-refractivity contribution is -0.141. The third kappa shape index (κ3) is 4.54. The van der Waals surface area contributed by atoms with Gasteiger partial charge < -0.3 is 14.4 Å². The van der Waals surface area contributed by atoms with Crippen LogP contribution >= 0.6 is 0 Å². The Balaban J connectivity index is 1.69. The van der Waals surface area contributed by atoms with Gasteiger partial charge in [0, 0.05) is 37.9 Å². The van der Waals surface area contributed by atoms with Crippen molar-refractivity contribution < 1.29 is 27.5 Å². The van der Waals surface area contributed by atoms with E-state index in [1.807, 2.05) is 30.3 Å². The van der Waals surface area contributed by atoms with Gasteiger partial charge in [-0.25, -0.2) is 8.42 Å². The van der Waals surface area contributed by atoms with E-state index >= 15 is 0 Å². The van der Waals surface area contributed by atoms with E-state index < -0.39 is 21.9 Å². The third-order valence-corrected chi connectivity index (χ3v) is 8.55. The Bertz CT molecular complexity index is 1520. The highest BCUT2D eigenvalue weighted by atomic mass is 32.2. The van der Waals surface area contributed by atoms with Gasteiger partial charge in [-0.05, 0) is 28.8 Å². The van der Waals surface area contributed by atoms with Crippen LogP contribution in [0.4, 0.5) is 11.4 Å². The number of carbonyl (C=O) groups is 2. The molecule has 2 aliphatic rings. The molecule has 0 N–H and O–H groups in total. The molecule has 2 heterocycles. The van der Waals surface area contributed by atoms with Crippen molar-refractivity contribution >= 4 is 38.8 Å². The fourth-order valence-electron chi connectivity index (χ4n) is 5.05. The molecule has 0 radical (unpaired) electrons. The topological polar surface area (TPSA) is 93.2 Å². The van der Waals surface area contributed by atoms with E-state index in [1.165, 1.54) is 18.2 Å². The number of esters is 1. The Hall–Kier alpha value is -4.11. The minimum Gasteiger partial charge on any atom is -0.487 e. The molecule has 3 aromatic carbocycles. The minimum atomic E-state index is -3.95. The molecule has 0 aromatic heterocycles. The molecule has 0 saturated heterocycles. The number of hydrogen-bond acceptors (Lipinski definition) is 6. The van der Waals surface area contributed by atoms with Gasteiger partial charge in [0.05, 0.1) is 29.4 Å². The number of amides is 1. The first-order valence-electron chi connectivity index (χ1n) is 12.2. The van der Waals surface area contributed by atoms with E-state index in [2.05, 4.69) is 6.58 Å². The summed E-state index contributed by atoms with van der Waals surface area (Å²) < 4.78 is 40.6. The van der Waals surface area contributed by atoms with Gasteiger partial charge in [-0.1, -0.05) is 55.1 Å². The van der Waals surface area contributed by atoms with E-state index in [1.54, 1.807) is 41.3 Å². The van der Waals surface area contributed by atoms with E-state index in [-0.39, 0.29) is 37.1 Å². The zero-order chi connectivity index (χ0) is 27.0. The molecule has 0 spiro atoms. The zero-order valence-corrected chi connectivity index (χ0v) is 22.0. The zero-order valence-electron chi connectivity index (χ0n) is 21.2. The fraction of sp³-hybridized carbons (Fsp3) is 0.241. The van der Waals surface area contributed by atoms with Gasteiger partial charge >= 0.3 is 5.97 Å². The smallest absolute Gasteiger partial charge is 0.302 e. The maximum absolute atomic E-state index is 13.8. The summed E-state index contributed by atoms with van der Waals surface area (Å²) in [5, 5.41) is 0. The lowest BCUT2D eigenvalue weighted by atomic mass is 9.92. The molecule has 0 saturated carbocycles. The monoisotopic (exact) mass is 532 g/mol. The molecule has 1 atom stereocenters. The predicted molar refractivity (Wildman–Crippen MR) is 145 cm³/mol. The Kier molecular flexibility index (Phi) is 6.71. The van der Waals surface area contributed by atoms with E-state index in [4.69, 9.17) is 9.47 Å². The summed E-state index contributed by atoms with van der Waals surface area (Å²) in [4.78, 5) is 26.1. The largest absolute Gasteiger partial charge is 0.487 e. The van der Waals surface area contributed by atoms with Crippen LogP contribution in [-0.4, -0.2) is 40.0 Å². The van der Waals surface area contributed by atoms with Crippen molar-refractivity contribution in [1.82, 2.24) is 0 Å². The average Bonchev–Trinajstić information content (AvgIpc) is 3.45. The van der Waals surface area contributed by atoms with Crippen LogP contribution in [-0.2, 0) is 31.0 Å². The van der Waals surface area contributed by atoms with Crippen molar-refractivity contribution in [2.45, 2.75) is 31.3 Å². The average molecular weight is 533 g/mol. The molecule has 0 aliphatic carbocycles. The summed E-state index contributed by atoms with van der Waals surface area (Å²) in [5.41, 5.74) is 3.94. The summed E-state index contributed by atoms with van der Waals surface area (Å²) in [6, 6.07) is 19.4. The van der Waals surface area contributed by atoms with Crippen molar-refractivity contribution in [2.24, 2.45) is 0 Å². The van der Waals surface area contributed by atoms with E-state index in [0.717, 1.165) is 5.56 Å². The van der Waals surface area contributed by atoms with Crippen LogP contribution in [0.15, 0.2) is 78.2 Å². The van der Waals surface area contributed by atoms with Gasteiger partial charge in [-0.3, -0.25) is 13.9 Å². The van der Waals surface area contributed by atoms with Crippen LogP contribution in [0.2, 0.25) is 0 Å². The Morgan fingerprint density at radius 3 is 2.32 bits per heavy atom. The molecule has 8 nitrogen and oxygen atoms in total. The Morgan fingerprint density at radius 1 is 1.03 bits per heavy atom. The first-order valence-corrected chi connectivity index (χ1v) is 13.7. The summed E-state index contributed by atoms with van der Waals surface area (Å²) in [6.07, 6.45) is 0. The lowest BCUT2D eigenvalue weighted by Gasteiger charge is -2.23.